The fourth-order valence-electron chi connectivity index (χ4n) is 3.23. The van der Waals surface area contributed by atoms with Crippen LogP contribution in [-0.4, -0.2) is 41.0 Å². The first kappa shape index (κ1) is 18.6. The molecule has 138 valence electrons. The summed E-state index contributed by atoms with van der Waals surface area (Å²) in [5.74, 6) is -0.268. The quantitative estimate of drug-likeness (QED) is 0.553. The number of carbonyl (C=O) groups excluding carboxylic acids is 2. The maximum absolute atomic E-state index is 12.5. The van der Waals surface area contributed by atoms with Crippen LogP contribution in [0.4, 0.5) is 0 Å². The Morgan fingerprint density at radius 1 is 1.31 bits per heavy atom. The van der Waals surface area contributed by atoms with Crippen molar-refractivity contribution >= 4 is 23.2 Å². The van der Waals surface area contributed by atoms with Crippen LogP contribution in [0, 0.1) is 6.92 Å². The monoisotopic (exact) mass is 372 g/mol. The van der Waals surface area contributed by atoms with E-state index < -0.39 is 6.04 Å². The summed E-state index contributed by atoms with van der Waals surface area (Å²) in [6.45, 7) is 2.96. The predicted molar refractivity (Wildman–Crippen MR) is 101 cm³/mol. The lowest BCUT2D eigenvalue weighted by Crippen LogP contribution is -2.42. The van der Waals surface area contributed by atoms with Gasteiger partial charge < -0.3 is 9.64 Å². The van der Waals surface area contributed by atoms with Crippen LogP contribution < -0.4 is 0 Å². The third-order valence-corrected chi connectivity index (χ3v) is 5.39. The van der Waals surface area contributed by atoms with E-state index in [9.17, 15) is 9.59 Å². The molecule has 0 radical (unpaired) electrons. The molecule has 2 aromatic rings. The molecule has 1 fully saturated rings. The highest BCUT2D eigenvalue weighted by Gasteiger charge is 2.35. The van der Waals surface area contributed by atoms with Gasteiger partial charge >= 0.3 is 5.97 Å². The average molecular weight is 372 g/mol. The van der Waals surface area contributed by atoms with Crippen LogP contribution >= 0.6 is 11.3 Å². The van der Waals surface area contributed by atoms with Crippen LogP contribution in [0.25, 0.3) is 0 Å². The number of amides is 1. The topological polar surface area (TPSA) is 59.5 Å². The Labute approximate surface area is 158 Å². The molecule has 2 aromatic heterocycles. The second-order valence-electron chi connectivity index (χ2n) is 6.54. The number of ether oxygens (including phenoxy) is 1. The molecule has 1 aliphatic heterocycles. The second kappa shape index (κ2) is 8.94. The first-order valence-corrected chi connectivity index (χ1v) is 9.92. The average Bonchev–Trinajstić information content (AvgIpc) is 3.30. The van der Waals surface area contributed by atoms with Crippen LogP contribution in [0.1, 0.15) is 35.5 Å². The number of hydrogen-bond donors (Lipinski definition) is 0. The fourth-order valence-corrected chi connectivity index (χ4v) is 3.93. The van der Waals surface area contributed by atoms with Crippen LogP contribution in [0.5, 0.6) is 0 Å². The number of thiophene rings is 1. The van der Waals surface area contributed by atoms with Crippen molar-refractivity contribution in [2.45, 2.75) is 45.1 Å². The van der Waals surface area contributed by atoms with E-state index in [1.807, 2.05) is 42.6 Å². The number of hydrogen-bond acceptors (Lipinski definition) is 5. The smallest absolute Gasteiger partial charge is 0.328 e. The molecule has 0 aliphatic carbocycles. The summed E-state index contributed by atoms with van der Waals surface area (Å²) < 4.78 is 5.44. The van der Waals surface area contributed by atoms with Gasteiger partial charge in [0.1, 0.15) is 6.04 Å². The number of pyridine rings is 1. The van der Waals surface area contributed by atoms with Gasteiger partial charge in [-0.3, -0.25) is 9.78 Å². The number of esters is 1. The summed E-state index contributed by atoms with van der Waals surface area (Å²) in [5.41, 5.74) is 2.00. The van der Waals surface area contributed by atoms with Crippen molar-refractivity contribution in [2.24, 2.45) is 0 Å². The number of rotatable bonds is 7. The molecule has 1 atom stereocenters. The standard InChI is InChI=1S/C20H24N2O3S/c1-15-6-2-7-16(21-15)8-4-12-25-20(24)18-10-3-11-22(18)19(23)14-17-9-5-13-26-17/h2,5-7,9,13,18H,3-4,8,10-12,14H2,1H3. The van der Waals surface area contributed by atoms with Gasteiger partial charge in [0.2, 0.25) is 5.91 Å². The zero-order valence-corrected chi connectivity index (χ0v) is 15.8. The number of likely N-dealkylation sites (tertiary alicyclic amines) is 1. The lowest BCUT2D eigenvalue weighted by Gasteiger charge is -2.23. The maximum atomic E-state index is 12.5. The number of aryl methyl sites for hydroxylation is 2. The molecule has 0 aromatic carbocycles. The summed E-state index contributed by atoms with van der Waals surface area (Å²) in [5, 5.41) is 1.96. The first-order chi connectivity index (χ1) is 12.6. The molecule has 1 unspecified atom stereocenters. The molecular formula is C20H24N2O3S. The van der Waals surface area contributed by atoms with Crippen LogP contribution in [0.2, 0.25) is 0 Å². The lowest BCUT2D eigenvalue weighted by atomic mass is 10.2. The Morgan fingerprint density at radius 3 is 2.96 bits per heavy atom. The van der Waals surface area contributed by atoms with E-state index >= 15 is 0 Å². The molecular weight excluding hydrogens is 348 g/mol. The largest absolute Gasteiger partial charge is 0.464 e. The lowest BCUT2D eigenvalue weighted by molar-refractivity contribution is -0.153. The third kappa shape index (κ3) is 4.91. The molecule has 1 saturated heterocycles. The summed E-state index contributed by atoms with van der Waals surface area (Å²) in [7, 11) is 0. The molecule has 6 heteroatoms. The minimum absolute atomic E-state index is 0.0101. The second-order valence-corrected chi connectivity index (χ2v) is 7.57. The third-order valence-electron chi connectivity index (χ3n) is 4.52. The van der Waals surface area contributed by atoms with Crippen molar-refractivity contribution in [1.82, 2.24) is 9.88 Å². The Bertz CT molecular complexity index is 745. The highest BCUT2D eigenvalue weighted by molar-refractivity contribution is 7.10. The van der Waals surface area contributed by atoms with E-state index in [1.54, 1.807) is 16.2 Å². The van der Waals surface area contributed by atoms with Crippen molar-refractivity contribution in [1.29, 1.82) is 0 Å². The van der Waals surface area contributed by atoms with Crippen molar-refractivity contribution in [3.05, 3.63) is 52.0 Å². The van der Waals surface area contributed by atoms with Crippen molar-refractivity contribution < 1.29 is 14.3 Å². The van der Waals surface area contributed by atoms with Crippen LogP contribution in [0.3, 0.4) is 0 Å². The van der Waals surface area contributed by atoms with Gasteiger partial charge in [-0.15, -0.1) is 11.3 Å². The van der Waals surface area contributed by atoms with E-state index in [4.69, 9.17) is 4.74 Å². The summed E-state index contributed by atoms with van der Waals surface area (Å²) in [6, 6.07) is 9.39. The molecule has 1 amide bonds. The van der Waals surface area contributed by atoms with Gasteiger partial charge in [0.25, 0.3) is 0 Å². The molecule has 0 saturated carbocycles. The fraction of sp³-hybridized carbons (Fsp3) is 0.450. The zero-order chi connectivity index (χ0) is 18.4. The Hall–Kier alpha value is -2.21. The van der Waals surface area contributed by atoms with Gasteiger partial charge in [-0.2, -0.15) is 0 Å². The molecule has 0 spiro atoms. The van der Waals surface area contributed by atoms with E-state index in [1.165, 1.54) is 0 Å². The molecule has 5 nitrogen and oxygen atoms in total. The molecule has 0 N–H and O–H groups in total. The minimum Gasteiger partial charge on any atom is -0.464 e. The van der Waals surface area contributed by atoms with E-state index in [2.05, 4.69) is 4.98 Å². The number of carbonyl (C=O) groups is 2. The van der Waals surface area contributed by atoms with Crippen molar-refractivity contribution in [3.8, 4) is 0 Å². The summed E-state index contributed by atoms with van der Waals surface area (Å²) in [4.78, 5) is 32.0. The molecule has 3 heterocycles. The normalized spacial score (nSPS) is 16.7. The Morgan fingerprint density at radius 2 is 2.19 bits per heavy atom. The van der Waals surface area contributed by atoms with Gasteiger partial charge in [-0.25, -0.2) is 4.79 Å². The number of aromatic nitrogens is 1. The highest BCUT2D eigenvalue weighted by Crippen LogP contribution is 2.21. The minimum atomic E-state index is -0.431. The van der Waals surface area contributed by atoms with Gasteiger partial charge in [0.05, 0.1) is 13.0 Å². The highest BCUT2D eigenvalue weighted by atomic mass is 32.1. The Balaban J connectivity index is 1.45. The molecule has 1 aliphatic rings. The van der Waals surface area contributed by atoms with E-state index in [0.29, 0.717) is 26.0 Å². The summed E-state index contributed by atoms with van der Waals surface area (Å²) >= 11 is 1.57. The molecule has 26 heavy (non-hydrogen) atoms. The Kier molecular flexibility index (Phi) is 6.39. The summed E-state index contributed by atoms with van der Waals surface area (Å²) in [6.07, 6.45) is 3.41. The maximum Gasteiger partial charge on any atom is 0.328 e. The van der Waals surface area contributed by atoms with E-state index in [-0.39, 0.29) is 11.9 Å². The van der Waals surface area contributed by atoms with Crippen LogP contribution in [0.15, 0.2) is 35.7 Å². The van der Waals surface area contributed by atoms with Gasteiger partial charge in [-0.05, 0) is 56.2 Å². The first-order valence-electron chi connectivity index (χ1n) is 9.04. The predicted octanol–water partition coefficient (Wildman–Crippen LogP) is 3.16. The molecule has 3 rings (SSSR count). The van der Waals surface area contributed by atoms with Gasteiger partial charge in [0.15, 0.2) is 0 Å². The zero-order valence-electron chi connectivity index (χ0n) is 15.0. The number of nitrogens with zero attached hydrogens (tertiary/aromatic N) is 2. The molecule has 0 bridgehead atoms. The van der Waals surface area contributed by atoms with Crippen LogP contribution in [-0.2, 0) is 27.2 Å². The van der Waals surface area contributed by atoms with Crippen molar-refractivity contribution in [2.75, 3.05) is 13.2 Å². The van der Waals surface area contributed by atoms with E-state index in [0.717, 1.165) is 35.5 Å². The van der Waals surface area contributed by atoms with Gasteiger partial charge in [-0.1, -0.05) is 12.1 Å². The van der Waals surface area contributed by atoms with Crippen molar-refractivity contribution in [3.63, 3.8) is 0 Å². The van der Waals surface area contributed by atoms with Gasteiger partial charge in [0, 0.05) is 22.8 Å². The SMILES string of the molecule is Cc1cccc(CCCOC(=O)C2CCCN2C(=O)Cc2cccs2)n1.